The number of pyridine rings is 1. The molecule has 6 nitrogen and oxygen atoms in total. The molecule has 0 aliphatic rings. The lowest BCUT2D eigenvalue weighted by atomic mass is 10.2. The lowest BCUT2D eigenvalue weighted by molar-refractivity contribution is -0.114. The number of benzene rings is 2. The Hall–Kier alpha value is -2.59. The minimum absolute atomic E-state index is 0.0999. The number of anilines is 2. The highest BCUT2D eigenvalue weighted by molar-refractivity contribution is 8.01. The smallest absolute Gasteiger partial charge is 0.234 e. The fourth-order valence-electron chi connectivity index (χ4n) is 2.85. The molecule has 33 heavy (non-hydrogen) atoms. The van der Waals surface area contributed by atoms with Crippen molar-refractivity contribution in [1.29, 1.82) is 0 Å². The number of hydrogen-bond donors (Lipinski definition) is 2. The Bertz CT molecular complexity index is 1300. The molecule has 0 saturated carbocycles. The van der Waals surface area contributed by atoms with Gasteiger partial charge in [0.25, 0.3) is 0 Å². The quantitative estimate of drug-likeness (QED) is 0.276. The summed E-state index contributed by atoms with van der Waals surface area (Å²) in [6.45, 7) is 1.92. The van der Waals surface area contributed by atoms with Crippen molar-refractivity contribution in [3.8, 4) is 0 Å². The molecule has 0 fully saturated rings. The lowest BCUT2D eigenvalue weighted by Gasteiger charge is -2.08. The SMILES string of the molecule is Cc1ccc(Cl)cc1NC(=O)CSc1nc2ccc(NC(=O)CSc3ccccn3)cc2s1. The normalized spacial score (nSPS) is 10.8. The highest BCUT2D eigenvalue weighted by Crippen LogP contribution is 2.31. The minimum atomic E-state index is -0.122. The highest BCUT2D eigenvalue weighted by Gasteiger charge is 2.11. The maximum atomic E-state index is 12.4. The van der Waals surface area contributed by atoms with Gasteiger partial charge in [-0.2, -0.15) is 0 Å². The number of thiazole rings is 1. The third kappa shape index (κ3) is 6.70. The van der Waals surface area contributed by atoms with Gasteiger partial charge in [-0.05, 0) is 55.0 Å². The van der Waals surface area contributed by atoms with Crippen LogP contribution in [-0.2, 0) is 9.59 Å². The predicted octanol–water partition coefficient (Wildman–Crippen LogP) is 6.11. The molecule has 10 heteroatoms. The average molecular weight is 515 g/mol. The van der Waals surface area contributed by atoms with Crippen molar-refractivity contribution in [3.05, 3.63) is 71.4 Å². The van der Waals surface area contributed by atoms with Crippen LogP contribution in [0, 0.1) is 6.92 Å². The van der Waals surface area contributed by atoms with E-state index in [1.165, 1.54) is 34.9 Å². The standard InChI is InChI=1S/C23H19ClN4O2S3/c1-14-5-6-15(24)10-18(14)27-21(30)13-32-23-28-17-8-7-16(11-19(17)33-23)26-20(29)12-31-22-4-2-3-9-25-22/h2-11H,12-13H2,1H3,(H,26,29)(H,27,30). The number of halogens is 1. The summed E-state index contributed by atoms with van der Waals surface area (Å²) < 4.78 is 1.73. The van der Waals surface area contributed by atoms with Crippen LogP contribution in [0.5, 0.6) is 0 Å². The third-order valence-corrected chi connectivity index (χ3v) is 7.78. The lowest BCUT2D eigenvalue weighted by Crippen LogP contribution is -2.14. The van der Waals surface area contributed by atoms with E-state index in [1.807, 2.05) is 49.4 Å². The van der Waals surface area contributed by atoms with Crippen LogP contribution in [0.2, 0.25) is 5.02 Å². The summed E-state index contributed by atoms with van der Waals surface area (Å²) in [6.07, 6.45) is 1.70. The third-order valence-electron chi connectivity index (χ3n) is 4.44. The van der Waals surface area contributed by atoms with E-state index in [1.54, 1.807) is 18.3 Å². The molecule has 2 heterocycles. The summed E-state index contributed by atoms with van der Waals surface area (Å²) >= 11 is 10.3. The molecule has 0 unspecified atom stereocenters. The van der Waals surface area contributed by atoms with Gasteiger partial charge in [0.2, 0.25) is 11.8 Å². The molecular formula is C23H19ClN4O2S3. The van der Waals surface area contributed by atoms with Gasteiger partial charge in [0.05, 0.1) is 26.7 Å². The van der Waals surface area contributed by atoms with Gasteiger partial charge in [0.1, 0.15) is 0 Å². The topological polar surface area (TPSA) is 84.0 Å². The molecule has 4 aromatic rings. The number of carbonyl (C=O) groups is 2. The first-order chi connectivity index (χ1) is 16.0. The van der Waals surface area contributed by atoms with E-state index in [4.69, 9.17) is 11.6 Å². The van der Waals surface area contributed by atoms with Crippen molar-refractivity contribution in [2.45, 2.75) is 16.3 Å². The molecule has 0 saturated heterocycles. The number of nitrogens with zero attached hydrogens (tertiary/aromatic N) is 2. The molecule has 2 amide bonds. The Labute approximate surface area is 208 Å². The molecule has 0 radical (unpaired) electrons. The van der Waals surface area contributed by atoms with Crippen molar-refractivity contribution in [2.24, 2.45) is 0 Å². The number of thioether (sulfide) groups is 2. The van der Waals surface area contributed by atoms with Gasteiger partial charge in [-0.3, -0.25) is 9.59 Å². The molecule has 0 bridgehead atoms. The largest absolute Gasteiger partial charge is 0.325 e. The molecular weight excluding hydrogens is 496 g/mol. The summed E-state index contributed by atoms with van der Waals surface area (Å²) in [4.78, 5) is 33.4. The van der Waals surface area contributed by atoms with Crippen LogP contribution in [-0.4, -0.2) is 33.3 Å². The van der Waals surface area contributed by atoms with E-state index in [-0.39, 0.29) is 23.3 Å². The molecule has 2 N–H and O–H groups in total. The second-order valence-corrected chi connectivity index (χ2v) is 10.6. The number of fused-ring (bicyclic) bond motifs is 1. The van der Waals surface area contributed by atoms with Crippen LogP contribution in [0.3, 0.4) is 0 Å². The Morgan fingerprint density at radius 3 is 2.64 bits per heavy atom. The predicted molar refractivity (Wildman–Crippen MR) is 139 cm³/mol. The molecule has 2 aromatic carbocycles. The summed E-state index contributed by atoms with van der Waals surface area (Å²) in [5, 5.41) is 7.18. The van der Waals surface area contributed by atoms with E-state index in [0.29, 0.717) is 16.4 Å². The van der Waals surface area contributed by atoms with Crippen LogP contribution in [0.15, 0.2) is 70.2 Å². The van der Waals surface area contributed by atoms with Gasteiger partial charge in [-0.1, -0.05) is 47.3 Å². The summed E-state index contributed by atoms with van der Waals surface area (Å²) in [7, 11) is 0. The van der Waals surface area contributed by atoms with Gasteiger partial charge < -0.3 is 10.6 Å². The van der Waals surface area contributed by atoms with Crippen LogP contribution in [0.25, 0.3) is 10.2 Å². The fraction of sp³-hybridized carbons (Fsp3) is 0.130. The highest BCUT2D eigenvalue weighted by atomic mass is 35.5. The summed E-state index contributed by atoms with van der Waals surface area (Å²) in [5.41, 5.74) is 3.20. The number of aromatic nitrogens is 2. The molecule has 0 spiro atoms. The summed E-state index contributed by atoms with van der Waals surface area (Å²) in [5.74, 6) is 0.292. The molecule has 4 rings (SSSR count). The first kappa shape index (κ1) is 23.6. The van der Waals surface area contributed by atoms with E-state index in [9.17, 15) is 9.59 Å². The molecule has 168 valence electrons. The number of carbonyl (C=O) groups excluding carboxylic acids is 2. The van der Waals surface area contributed by atoms with Gasteiger partial charge in [0, 0.05) is 22.6 Å². The summed E-state index contributed by atoms with van der Waals surface area (Å²) in [6, 6.07) is 16.6. The van der Waals surface area contributed by atoms with E-state index < -0.39 is 0 Å². The number of rotatable bonds is 8. The van der Waals surface area contributed by atoms with Crippen LogP contribution < -0.4 is 10.6 Å². The Balaban J connectivity index is 1.32. The van der Waals surface area contributed by atoms with Crippen LogP contribution in [0.1, 0.15) is 5.56 Å². The van der Waals surface area contributed by atoms with E-state index in [0.717, 1.165) is 25.1 Å². The maximum absolute atomic E-state index is 12.4. The van der Waals surface area contributed by atoms with Gasteiger partial charge >= 0.3 is 0 Å². The first-order valence-corrected chi connectivity index (χ1v) is 13.1. The molecule has 0 aliphatic carbocycles. The molecule has 2 aromatic heterocycles. The zero-order chi connectivity index (χ0) is 23.2. The number of nitrogens with one attached hydrogen (secondary N) is 2. The zero-order valence-corrected chi connectivity index (χ0v) is 20.7. The molecule has 0 atom stereocenters. The molecule has 0 aliphatic heterocycles. The monoisotopic (exact) mass is 514 g/mol. The second-order valence-electron chi connectivity index (χ2n) is 6.96. The van der Waals surface area contributed by atoms with Crippen LogP contribution in [0.4, 0.5) is 11.4 Å². The van der Waals surface area contributed by atoms with Gasteiger partial charge in [-0.15, -0.1) is 11.3 Å². The number of hydrogen-bond acceptors (Lipinski definition) is 7. The van der Waals surface area contributed by atoms with Crippen molar-refractivity contribution in [2.75, 3.05) is 22.1 Å². The Morgan fingerprint density at radius 1 is 1.00 bits per heavy atom. The average Bonchev–Trinajstić information content (AvgIpc) is 3.22. The van der Waals surface area contributed by atoms with Crippen molar-refractivity contribution in [3.63, 3.8) is 0 Å². The number of aryl methyl sites for hydroxylation is 1. The Kier molecular flexibility index (Phi) is 7.87. The second kappa shape index (κ2) is 11.0. The van der Waals surface area contributed by atoms with Gasteiger partial charge in [0.15, 0.2) is 4.34 Å². The van der Waals surface area contributed by atoms with Crippen LogP contribution >= 0.6 is 46.5 Å². The van der Waals surface area contributed by atoms with Crippen molar-refractivity contribution >= 4 is 79.9 Å². The van der Waals surface area contributed by atoms with Crippen molar-refractivity contribution in [1.82, 2.24) is 9.97 Å². The fourth-order valence-corrected chi connectivity index (χ4v) is 5.60. The minimum Gasteiger partial charge on any atom is -0.325 e. The van der Waals surface area contributed by atoms with E-state index in [2.05, 4.69) is 20.6 Å². The van der Waals surface area contributed by atoms with E-state index >= 15 is 0 Å². The first-order valence-electron chi connectivity index (χ1n) is 9.89. The number of amides is 2. The van der Waals surface area contributed by atoms with Gasteiger partial charge in [-0.25, -0.2) is 9.97 Å². The maximum Gasteiger partial charge on any atom is 0.234 e. The zero-order valence-electron chi connectivity index (χ0n) is 17.5. The van der Waals surface area contributed by atoms with Crippen molar-refractivity contribution < 1.29 is 9.59 Å². The Morgan fingerprint density at radius 2 is 1.82 bits per heavy atom.